The molecule has 0 aliphatic rings. The van der Waals surface area contributed by atoms with E-state index in [1.807, 2.05) is 50.2 Å². The minimum Gasteiger partial charge on any atom is -0.326 e. The number of nitrogens with zero attached hydrogens (tertiary/aromatic N) is 3. The van der Waals surface area contributed by atoms with E-state index < -0.39 is 0 Å². The van der Waals surface area contributed by atoms with Crippen LogP contribution in [0.15, 0.2) is 53.7 Å². The van der Waals surface area contributed by atoms with Crippen molar-refractivity contribution in [3.63, 3.8) is 0 Å². The van der Waals surface area contributed by atoms with Crippen LogP contribution in [0.4, 0.5) is 5.69 Å². The van der Waals surface area contributed by atoms with Crippen LogP contribution in [0, 0.1) is 20.8 Å². The SMILES string of the molecule is Cc1ccc(C)c(NC(=O)CCSc2nnc3cc(C)c4ccccc4n23)c1. The predicted octanol–water partition coefficient (Wildman–Crippen LogP) is 4.93. The van der Waals surface area contributed by atoms with Gasteiger partial charge in [-0.1, -0.05) is 42.1 Å². The second-order valence-corrected chi connectivity index (χ2v) is 8.05. The number of anilines is 1. The van der Waals surface area contributed by atoms with Crippen LogP contribution >= 0.6 is 11.8 Å². The number of fused-ring (bicyclic) bond motifs is 3. The fourth-order valence-electron chi connectivity index (χ4n) is 3.29. The average Bonchev–Trinajstić information content (AvgIpc) is 3.08. The Morgan fingerprint density at radius 1 is 1.04 bits per heavy atom. The van der Waals surface area contributed by atoms with Crippen LogP contribution in [-0.4, -0.2) is 26.3 Å². The Kier molecular flexibility index (Phi) is 5.05. The van der Waals surface area contributed by atoms with Crippen LogP contribution in [0.3, 0.4) is 0 Å². The number of carbonyl (C=O) groups is 1. The minimum absolute atomic E-state index is 0.00993. The topological polar surface area (TPSA) is 59.3 Å². The molecular formula is C22H22N4OS. The van der Waals surface area contributed by atoms with E-state index in [-0.39, 0.29) is 5.91 Å². The molecule has 0 aliphatic carbocycles. The summed E-state index contributed by atoms with van der Waals surface area (Å²) in [4.78, 5) is 12.4. The largest absolute Gasteiger partial charge is 0.326 e. The highest BCUT2D eigenvalue weighted by Crippen LogP contribution is 2.26. The lowest BCUT2D eigenvalue weighted by molar-refractivity contribution is -0.115. The maximum absolute atomic E-state index is 12.4. The molecule has 4 aromatic rings. The van der Waals surface area contributed by atoms with Crippen LogP contribution in [0.5, 0.6) is 0 Å². The molecule has 1 amide bonds. The molecule has 4 rings (SSSR count). The van der Waals surface area contributed by atoms with Gasteiger partial charge in [0, 0.05) is 23.2 Å². The Labute approximate surface area is 168 Å². The van der Waals surface area contributed by atoms with Crippen molar-refractivity contribution in [2.45, 2.75) is 32.3 Å². The molecule has 28 heavy (non-hydrogen) atoms. The van der Waals surface area contributed by atoms with Crippen molar-refractivity contribution in [3.05, 3.63) is 65.2 Å². The number of hydrogen-bond acceptors (Lipinski definition) is 4. The Hall–Kier alpha value is -2.86. The summed E-state index contributed by atoms with van der Waals surface area (Å²) < 4.78 is 2.07. The monoisotopic (exact) mass is 390 g/mol. The van der Waals surface area contributed by atoms with E-state index in [9.17, 15) is 4.79 Å². The number of aryl methyl sites for hydroxylation is 3. The molecular weight excluding hydrogens is 368 g/mol. The summed E-state index contributed by atoms with van der Waals surface area (Å²) in [5.74, 6) is 0.649. The molecule has 0 fully saturated rings. The second kappa shape index (κ2) is 7.64. The van der Waals surface area contributed by atoms with Crippen LogP contribution in [0.1, 0.15) is 23.1 Å². The first-order chi connectivity index (χ1) is 13.5. The molecule has 1 N–H and O–H groups in total. The lowest BCUT2D eigenvalue weighted by atomic mass is 10.1. The Morgan fingerprint density at radius 2 is 1.86 bits per heavy atom. The molecule has 0 aliphatic heterocycles. The number of hydrogen-bond donors (Lipinski definition) is 1. The smallest absolute Gasteiger partial charge is 0.225 e. The van der Waals surface area contributed by atoms with Gasteiger partial charge in [-0.25, -0.2) is 0 Å². The zero-order valence-corrected chi connectivity index (χ0v) is 17.0. The van der Waals surface area contributed by atoms with Crippen molar-refractivity contribution in [3.8, 4) is 0 Å². The lowest BCUT2D eigenvalue weighted by Crippen LogP contribution is -2.13. The molecule has 5 nitrogen and oxygen atoms in total. The van der Waals surface area contributed by atoms with Gasteiger partial charge in [0.15, 0.2) is 10.8 Å². The van der Waals surface area contributed by atoms with Gasteiger partial charge in [0.25, 0.3) is 0 Å². The zero-order valence-electron chi connectivity index (χ0n) is 16.2. The number of benzene rings is 2. The van der Waals surface area contributed by atoms with Crippen molar-refractivity contribution in [2.75, 3.05) is 11.1 Å². The Morgan fingerprint density at radius 3 is 2.71 bits per heavy atom. The van der Waals surface area contributed by atoms with Crippen molar-refractivity contribution in [2.24, 2.45) is 0 Å². The standard InChI is InChI=1S/C22H22N4OS/c1-14-8-9-15(2)18(12-14)23-21(27)10-11-28-22-25-24-20-13-16(3)17-6-4-5-7-19(17)26(20)22/h4-9,12-13H,10-11H2,1-3H3,(H,23,27). The maximum atomic E-state index is 12.4. The highest BCUT2D eigenvalue weighted by atomic mass is 32.2. The van der Waals surface area contributed by atoms with E-state index in [0.29, 0.717) is 12.2 Å². The van der Waals surface area contributed by atoms with E-state index in [2.05, 4.69) is 39.0 Å². The van der Waals surface area contributed by atoms with Gasteiger partial charge in [0.2, 0.25) is 5.91 Å². The van der Waals surface area contributed by atoms with Gasteiger partial charge in [0.1, 0.15) is 0 Å². The van der Waals surface area contributed by atoms with Crippen molar-refractivity contribution < 1.29 is 4.79 Å². The van der Waals surface area contributed by atoms with Crippen molar-refractivity contribution >= 4 is 39.9 Å². The van der Waals surface area contributed by atoms with Crippen molar-refractivity contribution in [1.29, 1.82) is 0 Å². The first-order valence-corrected chi connectivity index (χ1v) is 10.2. The summed E-state index contributed by atoms with van der Waals surface area (Å²) in [5, 5.41) is 13.7. The Bertz CT molecular complexity index is 1180. The number of nitrogens with one attached hydrogen (secondary N) is 1. The molecule has 0 saturated carbocycles. The van der Waals surface area contributed by atoms with Crippen LogP contribution in [0.25, 0.3) is 16.6 Å². The molecule has 0 spiro atoms. The molecule has 2 heterocycles. The molecule has 0 radical (unpaired) electrons. The van der Waals surface area contributed by atoms with E-state index >= 15 is 0 Å². The average molecular weight is 391 g/mol. The molecule has 6 heteroatoms. The van der Waals surface area contributed by atoms with Gasteiger partial charge < -0.3 is 5.32 Å². The first-order valence-electron chi connectivity index (χ1n) is 9.26. The molecule has 0 unspecified atom stereocenters. The Balaban J connectivity index is 1.48. The van der Waals surface area contributed by atoms with Gasteiger partial charge >= 0.3 is 0 Å². The van der Waals surface area contributed by atoms with Gasteiger partial charge in [-0.3, -0.25) is 9.20 Å². The highest BCUT2D eigenvalue weighted by Gasteiger charge is 2.12. The summed E-state index contributed by atoms with van der Waals surface area (Å²) in [7, 11) is 0. The second-order valence-electron chi connectivity index (χ2n) is 6.99. The molecule has 142 valence electrons. The number of rotatable bonds is 5. The molecule has 0 atom stereocenters. The summed E-state index contributed by atoms with van der Waals surface area (Å²) in [6.45, 7) is 6.11. The number of amides is 1. The lowest BCUT2D eigenvalue weighted by Gasteiger charge is -2.09. The minimum atomic E-state index is 0.00993. The summed E-state index contributed by atoms with van der Waals surface area (Å²) >= 11 is 1.55. The third kappa shape index (κ3) is 3.60. The number of aromatic nitrogens is 3. The van der Waals surface area contributed by atoms with Gasteiger partial charge in [-0.05, 0) is 55.7 Å². The fourth-order valence-corrected chi connectivity index (χ4v) is 4.18. The van der Waals surface area contributed by atoms with Gasteiger partial charge in [-0.2, -0.15) is 0 Å². The van der Waals surface area contributed by atoms with Gasteiger partial charge in [0.05, 0.1) is 5.52 Å². The number of para-hydroxylation sites is 1. The first kappa shape index (κ1) is 18.5. The summed E-state index contributed by atoms with van der Waals surface area (Å²) in [5.41, 5.74) is 6.18. The predicted molar refractivity (Wildman–Crippen MR) is 115 cm³/mol. The molecule has 0 bridgehead atoms. The maximum Gasteiger partial charge on any atom is 0.225 e. The van der Waals surface area contributed by atoms with E-state index in [0.717, 1.165) is 33.1 Å². The third-order valence-electron chi connectivity index (χ3n) is 4.80. The van der Waals surface area contributed by atoms with E-state index in [1.165, 1.54) is 10.9 Å². The fraction of sp³-hybridized carbons (Fsp3) is 0.227. The van der Waals surface area contributed by atoms with Crippen LogP contribution in [0.2, 0.25) is 0 Å². The quantitative estimate of drug-likeness (QED) is 0.491. The molecule has 0 saturated heterocycles. The number of carbonyl (C=O) groups excluding carboxylic acids is 1. The zero-order chi connectivity index (χ0) is 19.7. The normalized spacial score (nSPS) is 11.2. The number of thioether (sulfide) groups is 1. The molecule has 2 aromatic carbocycles. The van der Waals surface area contributed by atoms with E-state index in [1.54, 1.807) is 11.8 Å². The molecule has 2 aromatic heterocycles. The van der Waals surface area contributed by atoms with Gasteiger partial charge in [-0.15, -0.1) is 10.2 Å². The van der Waals surface area contributed by atoms with Crippen molar-refractivity contribution in [1.82, 2.24) is 14.6 Å². The highest BCUT2D eigenvalue weighted by molar-refractivity contribution is 7.99. The third-order valence-corrected chi connectivity index (χ3v) is 5.73. The summed E-state index contributed by atoms with van der Waals surface area (Å²) in [6, 6.07) is 16.4. The summed E-state index contributed by atoms with van der Waals surface area (Å²) in [6.07, 6.45) is 0.413. The van der Waals surface area contributed by atoms with Crippen LogP contribution < -0.4 is 5.32 Å². The van der Waals surface area contributed by atoms with E-state index in [4.69, 9.17) is 0 Å². The number of pyridine rings is 1. The van der Waals surface area contributed by atoms with Crippen LogP contribution in [-0.2, 0) is 4.79 Å².